The molecule has 0 radical (unpaired) electrons. The standard InChI is InChI=1S/C10H14N4OS.ClH/c11-9(15)10-12-7-5-13-3-1-2-4-14(13)6-8(7)16-10;/h1-6H2,(H2,11,15);1H. The third-order valence-corrected chi connectivity index (χ3v) is 4.23. The van der Waals surface area contributed by atoms with Crippen LogP contribution in [0.1, 0.15) is 33.2 Å². The second-order valence-electron chi connectivity index (χ2n) is 4.24. The van der Waals surface area contributed by atoms with Crippen molar-refractivity contribution < 1.29 is 4.79 Å². The van der Waals surface area contributed by atoms with Gasteiger partial charge in [0.05, 0.1) is 12.2 Å². The molecular weight excluding hydrogens is 260 g/mol. The van der Waals surface area contributed by atoms with Crippen molar-refractivity contribution in [1.82, 2.24) is 15.0 Å². The molecule has 1 aromatic heterocycles. The molecule has 17 heavy (non-hydrogen) atoms. The molecule has 2 aliphatic heterocycles. The maximum Gasteiger partial charge on any atom is 0.277 e. The molecule has 2 aliphatic rings. The Bertz CT molecular complexity index is 404. The number of hydrogen-bond acceptors (Lipinski definition) is 5. The van der Waals surface area contributed by atoms with Gasteiger partial charge in [-0.2, -0.15) is 0 Å². The summed E-state index contributed by atoms with van der Waals surface area (Å²) in [4.78, 5) is 16.6. The maximum atomic E-state index is 11.1. The number of primary amides is 1. The molecule has 0 saturated carbocycles. The Labute approximate surface area is 110 Å². The largest absolute Gasteiger partial charge is 0.364 e. The molecule has 1 fully saturated rings. The lowest BCUT2D eigenvalue weighted by atomic mass is 10.2. The molecule has 5 nitrogen and oxygen atoms in total. The van der Waals surface area contributed by atoms with Crippen LogP contribution in [0.15, 0.2) is 0 Å². The molecule has 1 amide bonds. The zero-order valence-corrected chi connectivity index (χ0v) is 11.0. The van der Waals surface area contributed by atoms with E-state index in [1.807, 2.05) is 0 Å². The van der Waals surface area contributed by atoms with E-state index < -0.39 is 5.91 Å². The number of hydrazine groups is 1. The molecule has 1 aromatic rings. The van der Waals surface area contributed by atoms with Crippen LogP contribution in [-0.2, 0) is 13.1 Å². The first-order valence-corrected chi connectivity index (χ1v) is 6.34. The Morgan fingerprint density at radius 2 is 1.88 bits per heavy atom. The van der Waals surface area contributed by atoms with Crippen molar-refractivity contribution >= 4 is 29.7 Å². The van der Waals surface area contributed by atoms with Crippen LogP contribution in [0.3, 0.4) is 0 Å². The molecule has 0 aromatic carbocycles. The van der Waals surface area contributed by atoms with E-state index in [1.165, 1.54) is 29.1 Å². The minimum absolute atomic E-state index is 0. The van der Waals surface area contributed by atoms with Gasteiger partial charge in [-0.1, -0.05) is 0 Å². The highest BCUT2D eigenvalue weighted by Crippen LogP contribution is 2.29. The fraction of sp³-hybridized carbons (Fsp3) is 0.600. The quantitative estimate of drug-likeness (QED) is 0.830. The van der Waals surface area contributed by atoms with Crippen LogP contribution < -0.4 is 5.73 Å². The van der Waals surface area contributed by atoms with E-state index in [-0.39, 0.29) is 12.4 Å². The molecule has 1 saturated heterocycles. The van der Waals surface area contributed by atoms with Gasteiger partial charge >= 0.3 is 0 Å². The molecule has 7 heteroatoms. The number of aromatic nitrogens is 1. The number of nitrogens with two attached hydrogens (primary N) is 1. The molecule has 2 N–H and O–H groups in total. The lowest BCUT2D eigenvalue weighted by Crippen LogP contribution is -2.48. The van der Waals surface area contributed by atoms with Crippen LogP contribution >= 0.6 is 23.7 Å². The monoisotopic (exact) mass is 274 g/mol. The predicted molar refractivity (Wildman–Crippen MR) is 67.9 cm³/mol. The van der Waals surface area contributed by atoms with Crippen molar-refractivity contribution in [2.45, 2.75) is 25.9 Å². The number of carbonyl (C=O) groups is 1. The third-order valence-electron chi connectivity index (χ3n) is 3.13. The lowest BCUT2D eigenvalue weighted by Gasteiger charge is -2.41. The minimum atomic E-state index is -0.410. The number of rotatable bonds is 1. The molecule has 0 aliphatic carbocycles. The summed E-state index contributed by atoms with van der Waals surface area (Å²) in [5.74, 6) is -0.410. The van der Waals surface area contributed by atoms with Crippen molar-refractivity contribution in [2.24, 2.45) is 5.73 Å². The zero-order valence-electron chi connectivity index (χ0n) is 9.39. The van der Waals surface area contributed by atoms with Gasteiger partial charge in [-0.25, -0.2) is 15.0 Å². The highest BCUT2D eigenvalue weighted by Gasteiger charge is 2.29. The highest BCUT2D eigenvalue weighted by molar-refractivity contribution is 7.13. The molecule has 0 atom stereocenters. The fourth-order valence-corrected chi connectivity index (χ4v) is 3.24. The molecule has 0 bridgehead atoms. The maximum absolute atomic E-state index is 11.1. The second kappa shape index (κ2) is 4.89. The summed E-state index contributed by atoms with van der Waals surface area (Å²) in [7, 11) is 0. The SMILES string of the molecule is Cl.NC(=O)c1nc2c(s1)CN1CCCCN1C2. The number of fused-ring (bicyclic) bond motifs is 2. The van der Waals surface area contributed by atoms with Crippen molar-refractivity contribution in [3.63, 3.8) is 0 Å². The normalized spacial score (nSPS) is 20.2. The molecule has 0 unspecified atom stereocenters. The number of hydrogen-bond donors (Lipinski definition) is 1. The minimum Gasteiger partial charge on any atom is -0.364 e. The lowest BCUT2D eigenvalue weighted by molar-refractivity contribution is -0.0751. The van der Waals surface area contributed by atoms with E-state index in [4.69, 9.17) is 5.73 Å². The first kappa shape index (κ1) is 12.8. The number of amides is 1. The van der Waals surface area contributed by atoms with Crippen LogP contribution in [0.25, 0.3) is 0 Å². The van der Waals surface area contributed by atoms with E-state index in [9.17, 15) is 4.79 Å². The Kier molecular flexibility index (Phi) is 3.67. The summed E-state index contributed by atoms with van der Waals surface area (Å²) >= 11 is 1.45. The van der Waals surface area contributed by atoms with Gasteiger partial charge < -0.3 is 5.73 Å². The van der Waals surface area contributed by atoms with E-state index >= 15 is 0 Å². The van der Waals surface area contributed by atoms with Gasteiger partial charge in [0, 0.05) is 24.5 Å². The van der Waals surface area contributed by atoms with Crippen molar-refractivity contribution in [3.8, 4) is 0 Å². The smallest absolute Gasteiger partial charge is 0.277 e. The fourth-order valence-electron chi connectivity index (χ4n) is 2.30. The van der Waals surface area contributed by atoms with Crippen LogP contribution in [0, 0.1) is 0 Å². The summed E-state index contributed by atoms with van der Waals surface area (Å²) in [5.41, 5.74) is 6.29. The Balaban J connectivity index is 0.00000108. The van der Waals surface area contributed by atoms with Crippen molar-refractivity contribution in [1.29, 1.82) is 0 Å². The van der Waals surface area contributed by atoms with Crippen LogP contribution in [-0.4, -0.2) is 34.0 Å². The van der Waals surface area contributed by atoms with Crippen molar-refractivity contribution in [2.75, 3.05) is 13.1 Å². The molecular formula is C10H15ClN4OS. The van der Waals surface area contributed by atoms with E-state index in [0.717, 1.165) is 31.9 Å². The summed E-state index contributed by atoms with van der Waals surface area (Å²) in [6.45, 7) is 3.94. The predicted octanol–water partition coefficient (Wildman–Crippen LogP) is 0.990. The van der Waals surface area contributed by atoms with Crippen molar-refractivity contribution in [3.05, 3.63) is 15.6 Å². The number of nitrogens with zero attached hydrogens (tertiary/aromatic N) is 3. The Morgan fingerprint density at radius 3 is 2.53 bits per heavy atom. The number of carbonyl (C=O) groups excluding carboxylic acids is 1. The van der Waals surface area contributed by atoms with Crippen LogP contribution in [0.4, 0.5) is 0 Å². The van der Waals surface area contributed by atoms with Gasteiger partial charge in [0.15, 0.2) is 5.01 Å². The summed E-state index contributed by atoms with van der Waals surface area (Å²) in [5, 5.41) is 5.14. The topological polar surface area (TPSA) is 62.5 Å². The average molecular weight is 275 g/mol. The third kappa shape index (κ3) is 2.30. The molecule has 3 rings (SSSR count). The first-order chi connectivity index (χ1) is 7.74. The van der Waals surface area contributed by atoms with E-state index in [1.54, 1.807) is 0 Å². The van der Waals surface area contributed by atoms with Gasteiger partial charge in [0.1, 0.15) is 0 Å². The summed E-state index contributed by atoms with van der Waals surface area (Å²) in [6.07, 6.45) is 2.51. The summed E-state index contributed by atoms with van der Waals surface area (Å²) in [6, 6.07) is 0. The van der Waals surface area contributed by atoms with Gasteiger partial charge in [-0.15, -0.1) is 23.7 Å². The molecule has 3 heterocycles. The average Bonchev–Trinajstić information content (AvgIpc) is 2.68. The van der Waals surface area contributed by atoms with E-state index in [0.29, 0.717) is 5.01 Å². The molecule has 0 spiro atoms. The number of halogens is 1. The van der Waals surface area contributed by atoms with Gasteiger partial charge in [-0.05, 0) is 12.8 Å². The van der Waals surface area contributed by atoms with Crippen LogP contribution in [0.5, 0.6) is 0 Å². The first-order valence-electron chi connectivity index (χ1n) is 5.52. The second-order valence-corrected chi connectivity index (χ2v) is 5.32. The Hall–Kier alpha value is -0.690. The van der Waals surface area contributed by atoms with Gasteiger partial charge in [0.2, 0.25) is 0 Å². The number of thiazole rings is 1. The van der Waals surface area contributed by atoms with Crippen LogP contribution in [0.2, 0.25) is 0 Å². The highest BCUT2D eigenvalue weighted by atomic mass is 35.5. The summed E-state index contributed by atoms with van der Waals surface area (Å²) < 4.78 is 0. The Morgan fingerprint density at radius 1 is 1.24 bits per heavy atom. The zero-order chi connectivity index (χ0) is 11.1. The van der Waals surface area contributed by atoms with Gasteiger partial charge in [0.25, 0.3) is 5.91 Å². The van der Waals surface area contributed by atoms with Gasteiger partial charge in [-0.3, -0.25) is 4.79 Å². The van der Waals surface area contributed by atoms with E-state index in [2.05, 4.69) is 15.0 Å². The molecule has 94 valence electrons.